The third kappa shape index (κ3) is 4.03. The summed E-state index contributed by atoms with van der Waals surface area (Å²) in [5, 5.41) is 10.2. The van der Waals surface area contributed by atoms with Gasteiger partial charge in [0.1, 0.15) is 0 Å². The van der Waals surface area contributed by atoms with Crippen LogP contribution in [-0.4, -0.2) is 26.4 Å². The number of H-pyrrole nitrogens is 1. The highest BCUT2D eigenvalue weighted by atomic mass is 32.2. The number of carbonyl (C=O) groups excluding carboxylic acids is 1. The molecule has 0 saturated heterocycles. The van der Waals surface area contributed by atoms with Crippen LogP contribution in [0.3, 0.4) is 0 Å². The number of nitrogens with zero attached hydrogens (tertiary/aromatic N) is 2. The Hall–Kier alpha value is -2.02. The van der Waals surface area contributed by atoms with E-state index < -0.39 is 0 Å². The number of amides is 1. The Labute approximate surface area is 157 Å². The molecule has 2 aromatic rings. The molecule has 3 rings (SSSR count). The van der Waals surface area contributed by atoms with Gasteiger partial charge in [0.15, 0.2) is 5.16 Å². The first-order valence-electron chi connectivity index (χ1n) is 9.10. The maximum absolute atomic E-state index is 12.6. The lowest BCUT2D eigenvalue weighted by Crippen LogP contribution is -2.19. The van der Waals surface area contributed by atoms with Gasteiger partial charge in [0.05, 0.1) is 5.75 Å². The zero-order valence-electron chi connectivity index (χ0n) is 15.7. The van der Waals surface area contributed by atoms with Gasteiger partial charge in [-0.2, -0.15) is 0 Å². The fourth-order valence-electron chi connectivity index (χ4n) is 3.05. The van der Waals surface area contributed by atoms with Crippen molar-refractivity contribution in [2.45, 2.75) is 63.6 Å². The maximum atomic E-state index is 12.6. The molecule has 1 amide bonds. The van der Waals surface area contributed by atoms with Crippen molar-refractivity contribution in [1.82, 2.24) is 14.8 Å². The third-order valence-electron chi connectivity index (χ3n) is 4.55. The summed E-state index contributed by atoms with van der Waals surface area (Å²) in [5.41, 5.74) is 3.01. The third-order valence-corrected chi connectivity index (χ3v) is 5.51. The fourth-order valence-corrected chi connectivity index (χ4v) is 3.86. The standard InChI is InChI=1S/C19H26N4O2S/c1-11(2)14-6-5-7-15(12(3)4)17(14)20-16(24)10-26-19-22-21-18(25)23(19)13-8-9-13/h5-7,11-13H,8-10H2,1-4H3,(H,20,24)(H,21,25). The smallest absolute Gasteiger partial charge is 0.325 e. The van der Waals surface area contributed by atoms with Gasteiger partial charge in [-0.1, -0.05) is 57.7 Å². The van der Waals surface area contributed by atoms with Gasteiger partial charge in [-0.3, -0.25) is 9.36 Å². The van der Waals surface area contributed by atoms with Gasteiger partial charge in [-0.05, 0) is 35.8 Å². The largest absolute Gasteiger partial charge is 0.344 e. The number of anilines is 1. The Balaban J connectivity index is 1.73. The minimum absolute atomic E-state index is 0.0807. The van der Waals surface area contributed by atoms with Crippen LogP contribution in [0, 0.1) is 0 Å². The molecule has 1 aliphatic carbocycles. The van der Waals surface area contributed by atoms with Crippen LogP contribution < -0.4 is 11.0 Å². The summed E-state index contributed by atoms with van der Waals surface area (Å²) in [6, 6.07) is 6.42. The zero-order valence-corrected chi connectivity index (χ0v) is 16.5. The normalized spacial score (nSPS) is 14.2. The first-order chi connectivity index (χ1) is 12.4. The van der Waals surface area contributed by atoms with E-state index in [2.05, 4.69) is 55.3 Å². The van der Waals surface area contributed by atoms with Crippen molar-refractivity contribution in [3.8, 4) is 0 Å². The number of aromatic nitrogens is 3. The van der Waals surface area contributed by atoms with Crippen molar-refractivity contribution in [2.24, 2.45) is 0 Å². The van der Waals surface area contributed by atoms with Crippen LogP contribution in [-0.2, 0) is 4.79 Å². The number of carbonyl (C=O) groups is 1. The quantitative estimate of drug-likeness (QED) is 0.721. The second-order valence-corrected chi connectivity index (χ2v) is 8.31. The number of aromatic amines is 1. The zero-order chi connectivity index (χ0) is 18.8. The van der Waals surface area contributed by atoms with Crippen molar-refractivity contribution in [1.29, 1.82) is 0 Å². The summed E-state index contributed by atoms with van der Waals surface area (Å²) in [6.07, 6.45) is 2.00. The summed E-state index contributed by atoms with van der Waals surface area (Å²) in [4.78, 5) is 24.4. The van der Waals surface area contributed by atoms with E-state index in [0.717, 1.165) is 29.7 Å². The first-order valence-corrected chi connectivity index (χ1v) is 10.1. The van der Waals surface area contributed by atoms with Gasteiger partial charge in [0.2, 0.25) is 5.91 Å². The Morgan fingerprint density at radius 1 is 1.27 bits per heavy atom. The summed E-state index contributed by atoms with van der Waals surface area (Å²) in [7, 11) is 0. The molecular formula is C19H26N4O2S. The topological polar surface area (TPSA) is 79.8 Å². The molecule has 2 N–H and O–H groups in total. The second kappa shape index (κ2) is 7.70. The molecule has 7 heteroatoms. The van der Waals surface area contributed by atoms with Gasteiger partial charge in [-0.15, -0.1) is 5.10 Å². The van der Waals surface area contributed by atoms with Crippen LogP contribution in [0.2, 0.25) is 0 Å². The predicted molar refractivity (Wildman–Crippen MR) is 105 cm³/mol. The number of benzene rings is 1. The first kappa shape index (κ1) is 18.8. The summed E-state index contributed by atoms with van der Waals surface area (Å²) >= 11 is 1.30. The Bertz CT molecular complexity index is 823. The molecule has 1 aromatic heterocycles. The molecule has 0 atom stereocenters. The summed E-state index contributed by atoms with van der Waals surface area (Å²) < 4.78 is 1.67. The van der Waals surface area contributed by atoms with Crippen LogP contribution in [0.4, 0.5) is 5.69 Å². The second-order valence-electron chi connectivity index (χ2n) is 7.37. The number of thioether (sulfide) groups is 1. The molecule has 0 aliphatic heterocycles. The van der Waals surface area contributed by atoms with E-state index in [4.69, 9.17) is 0 Å². The van der Waals surface area contributed by atoms with Crippen LogP contribution in [0.1, 0.15) is 69.5 Å². The van der Waals surface area contributed by atoms with Crippen LogP contribution in [0.25, 0.3) is 0 Å². The van der Waals surface area contributed by atoms with Gasteiger partial charge < -0.3 is 5.32 Å². The molecule has 1 aliphatic rings. The highest BCUT2D eigenvalue weighted by Gasteiger charge is 2.28. The van der Waals surface area contributed by atoms with Gasteiger partial charge in [0.25, 0.3) is 0 Å². The Morgan fingerprint density at radius 3 is 2.42 bits per heavy atom. The van der Waals surface area contributed by atoms with E-state index in [0.29, 0.717) is 17.0 Å². The van der Waals surface area contributed by atoms with Crippen molar-refractivity contribution in [2.75, 3.05) is 11.1 Å². The van der Waals surface area contributed by atoms with Crippen LogP contribution >= 0.6 is 11.8 Å². The van der Waals surface area contributed by atoms with E-state index >= 15 is 0 Å². The van der Waals surface area contributed by atoms with Crippen molar-refractivity contribution >= 4 is 23.4 Å². The van der Waals surface area contributed by atoms with Crippen molar-refractivity contribution in [3.05, 3.63) is 39.8 Å². The van der Waals surface area contributed by atoms with E-state index in [1.807, 2.05) is 6.07 Å². The lowest BCUT2D eigenvalue weighted by Gasteiger charge is -2.20. The van der Waals surface area contributed by atoms with E-state index in [-0.39, 0.29) is 23.4 Å². The Kier molecular flexibility index (Phi) is 5.55. The molecule has 1 heterocycles. The molecule has 0 bridgehead atoms. The molecule has 0 spiro atoms. The SMILES string of the molecule is CC(C)c1cccc(C(C)C)c1NC(=O)CSc1n[nH]c(=O)n1C1CC1. The molecule has 0 radical (unpaired) electrons. The van der Waals surface area contributed by atoms with Gasteiger partial charge >= 0.3 is 5.69 Å². The van der Waals surface area contributed by atoms with Crippen LogP contribution in [0.15, 0.2) is 28.2 Å². The fraction of sp³-hybridized carbons (Fsp3) is 0.526. The molecule has 1 fully saturated rings. The lowest BCUT2D eigenvalue weighted by molar-refractivity contribution is -0.113. The number of rotatable bonds is 7. The van der Waals surface area contributed by atoms with E-state index in [1.54, 1.807) is 4.57 Å². The highest BCUT2D eigenvalue weighted by molar-refractivity contribution is 7.99. The number of para-hydroxylation sites is 1. The maximum Gasteiger partial charge on any atom is 0.344 e. The number of nitrogens with one attached hydrogen (secondary N) is 2. The van der Waals surface area contributed by atoms with Gasteiger partial charge in [-0.25, -0.2) is 9.89 Å². The summed E-state index contributed by atoms with van der Waals surface area (Å²) in [5.74, 6) is 0.787. The van der Waals surface area contributed by atoms with Crippen molar-refractivity contribution < 1.29 is 4.79 Å². The predicted octanol–water partition coefficient (Wildman–Crippen LogP) is 3.88. The Morgan fingerprint density at radius 2 is 1.88 bits per heavy atom. The lowest BCUT2D eigenvalue weighted by atomic mass is 9.92. The monoisotopic (exact) mass is 374 g/mol. The molecule has 26 heavy (non-hydrogen) atoms. The average Bonchev–Trinajstić information content (AvgIpc) is 3.35. The molecule has 0 unspecified atom stereocenters. The molecule has 1 saturated carbocycles. The average molecular weight is 375 g/mol. The number of hydrogen-bond donors (Lipinski definition) is 2. The molecular weight excluding hydrogens is 348 g/mol. The van der Waals surface area contributed by atoms with Gasteiger partial charge in [0, 0.05) is 11.7 Å². The van der Waals surface area contributed by atoms with Crippen LogP contribution in [0.5, 0.6) is 0 Å². The molecule has 1 aromatic carbocycles. The highest BCUT2D eigenvalue weighted by Crippen LogP contribution is 2.36. The van der Waals surface area contributed by atoms with E-state index in [1.165, 1.54) is 11.8 Å². The molecule has 6 nitrogen and oxygen atoms in total. The minimum atomic E-state index is -0.192. The minimum Gasteiger partial charge on any atom is -0.325 e. The molecule has 140 valence electrons. The van der Waals surface area contributed by atoms with Crippen molar-refractivity contribution in [3.63, 3.8) is 0 Å². The van der Waals surface area contributed by atoms with E-state index in [9.17, 15) is 9.59 Å². The summed E-state index contributed by atoms with van der Waals surface area (Å²) in [6.45, 7) is 8.51. The number of hydrogen-bond acceptors (Lipinski definition) is 4.